The van der Waals surface area contributed by atoms with E-state index in [1.165, 1.54) is 4.90 Å². The second kappa shape index (κ2) is 8.97. The lowest BCUT2D eigenvalue weighted by Crippen LogP contribution is -2.44. The fourth-order valence-electron chi connectivity index (χ4n) is 3.30. The molecule has 160 valence electrons. The number of aliphatic imine (C=N–C) groups is 1. The van der Waals surface area contributed by atoms with Crippen LogP contribution in [0.15, 0.2) is 65.7 Å². The highest BCUT2D eigenvalue weighted by molar-refractivity contribution is 7.19. The number of benzene rings is 2. The standard InChI is InChI=1S/C22H23N5O3S/c1-14-18(31-21(25-14)26-20(23)24)27(16-11-7-4-8-12-16)19(30)22(2,13-17(28)29)15-9-5-3-6-10-15/h3-12H,13H2,1-2H3,(H,28,29)(H4,23,24,25,26). The Hall–Kier alpha value is -3.72. The first-order chi connectivity index (χ1) is 14.7. The van der Waals surface area contributed by atoms with Crippen LogP contribution in [-0.2, 0) is 15.0 Å². The molecule has 1 amide bonds. The number of hydrogen-bond donors (Lipinski definition) is 3. The number of anilines is 2. The van der Waals surface area contributed by atoms with Crippen molar-refractivity contribution in [3.63, 3.8) is 0 Å². The molecule has 9 heteroatoms. The number of carbonyl (C=O) groups excluding carboxylic acids is 1. The van der Waals surface area contributed by atoms with Gasteiger partial charge in [-0.15, -0.1) is 0 Å². The normalized spacial score (nSPS) is 12.6. The van der Waals surface area contributed by atoms with Crippen LogP contribution in [0.3, 0.4) is 0 Å². The number of aliphatic carboxylic acids is 1. The molecule has 0 radical (unpaired) electrons. The van der Waals surface area contributed by atoms with Gasteiger partial charge in [0.1, 0.15) is 5.00 Å². The second-order valence-electron chi connectivity index (χ2n) is 7.17. The maximum atomic E-state index is 14.0. The minimum absolute atomic E-state index is 0.141. The SMILES string of the molecule is Cc1nc(N=C(N)N)sc1N(C(=O)C(C)(CC(=O)O)c1ccccc1)c1ccccc1. The van der Waals surface area contributed by atoms with Crippen molar-refractivity contribution in [1.29, 1.82) is 0 Å². The molecule has 1 unspecified atom stereocenters. The topological polar surface area (TPSA) is 135 Å². The van der Waals surface area contributed by atoms with Crippen molar-refractivity contribution in [2.24, 2.45) is 16.5 Å². The van der Waals surface area contributed by atoms with E-state index in [2.05, 4.69) is 9.98 Å². The zero-order valence-electron chi connectivity index (χ0n) is 17.1. The van der Waals surface area contributed by atoms with E-state index in [0.29, 0.717) is 27.1 Å². The van der Waals surface area contributed by atoms with Crippen LogP contribution in [0.1, 0.15) is 24.6 Å². The maximum absolute atomic E-state index is 14.0. The largest absolute Gasteiger partial charge is 0.481 e. The summed E-state index contributed by atoms with van der Waals surface area (Å²) < 4.78 is 0. The van der Waals surface area contributed by atoms with Gasteiger partial charge < -0.3 is 16.6 Å². The van der Waals surface area contributed by atoms with Gasteiger partial charge in [-0.05, 0) is 31.5 Å². The summed E-state index contributed by atoms with van der Waals surface area (Å²) in [7, 11) is 0. The number of carboxylic acids is 1. The number of nitrogens with two attached hydrogens (primary N) is 2. The van der Waals surface area contributed by atoms with E-state index in [4.69, 9.17) is 11.5 Å². The number of hydrogen-bond acceptors (Lipinski definition) is 5. The van der Waals surface area contributed by atoms with Crippen molar-refractivity contribution in [3.8, 4) is 0 Å². The van der Waals surface area contributed by atoms with Gasteiger partial charge >= 0.3 is 5.97 Å². The van der Waals surface area contributed by atoms with E-state index < -0.39 is 17.3 Å². The fraction of sp³-hybridized carbons (Fsp3) is 0.182. The Bertz CT molecular complexity index is 1110. The summed E-state index contributed by atoms with van der Waals surface area (Å²) in [6.45, 7) is 3.39. The van der Waals surface area contributed by atoms with Gasteiger partial charge in [0.15, 0.2) is 5.96 Å². The number of amides is 1. The van der Waals surface area contributed by atoms with Gasteiger partial charge in [0.2, 0.25) is 11.0 Å². The number of aromatic nitrogens is 1. The summed E-state index contributed by atoms with van der Waals surface area (Å²) in [5.41, 5.74) is 11.4. The van der Waals surface area contributed by atoms with E-state index in [1.807, 2.05) is 12.1 Å². The lowest BCUT2D eigenvalue weighted by Gasteiger charge is -2.33. The van der Waals surface area contributed by atoms with E-state index >= 15 is 0 Å². The molecule has 1 atom stereocenters. The molecule has 3 rings (SSSR count). The number of carbonyl (C=O) groups is 2. The molecular weight excluding hydrogens is 414 g/mol. The van der Waals surface area contributed by atoms with Gasteiger partial charge in [-0.3, -0.25) is 14.5 Å². The molecular formula is C22H23N5O3S. The van der Waals surface area contributed by atoms with Crippen LogP contribution >= 0.6 is 11.3 Å². The van der Waals surface area contributed by atoms with Gasteiger partial charge in [0.25, 0.3) is 0 Å². The minimum Gasteiger partial charge on any atom is -0.481 e. The van der Waals surface area contributed by atoms with E-state index in [-0.39, 0.29) is 12.4 Å². The smallest absolute Gasteiger partial charge is 0.304 e. The molecule has 8 nitrogen and oxygen atoms in total. The first kappa shape index (κ1) is 22.0. The Balaban J connectivity index is 2.20. The molecule has 5 N–H and O–H groups in total. The summed E-state index contributed by atoms with van der Waals surface area (Å²) in [5, 5.41) is 10.4. The number of thiazole rings is 1. The third kappa shape index (κ3) is 4.72. The van der Waals surface area contributed by atoms with E-state index in [0.717, 1.165) is 11.3 Å². The molecule has 0 saturated carbocycles. The van der Waals surface area contributed by atoms with Crippen molar-refractivity contribution in [3.05, 3.63) is 71.9 Å². The minimum atomic E-state index is -1.32. The second-order valence-corrected chi connectivity index (χ2v) is 8.12. The Morgan fingerprint density at radius 3 is 2.23 bits per heavy atom. The molecule has 0 fully saturated rings. The van der Waals surface area contributed by atoms with Crippen molar-refractivity contribution in [2.45, 2.75) is 25.7 Å². The van der Waals surface area contributed by atoms with Crippen LogP contribution in [0.25, 0.3) is 0 Å². The van der Waals surface area contributed by atoms with Crippen LogP contribution in [-0.4, -0.2) is 27.9 Å². The van der Waals surface area contributed by atoms with Crippen LogP contribution in [0.4, 0.5) is 15.8 Å². The summed E-state index contributed by atoms with van der Waals surface area (Å²) in [4.78, 5) is 35.6. The van der Waals surface area contributed by atoms with Gasteiger partial charge in [-0.2, -0.15) is 4.99 Å². The first-order valence-electron chi connectivity index (χ1n) is 9.46. The molecule has 1 aromatic heterocycles. The predicted octanol–water partition coefficient (Wildman–Crippen LogP) is 3.45. The molecule has 2 aromatic carbocycles. The zero-order valence-corrected chi connectivity index (χ0v) is 18.0. The van der Waals surface area contributed by atoms with Crippen molar-refractivity contribution in [2.75, 3.05) is 4.90 Å². The molecule has 0 aliphatic carbocycles. The molecule has 0 aliphatic rings. The van der Waals surface area contributed by atoms with E-state index in [9.17, 15) is 14.7 Å². The lowest BCUT2D eigenvalue weighted by molar-refractivity contribution is -0.141. The van der Waals surface area contributed by atoms with Gasteiger partial charge in [-0.25, -0.2) is 4.98 Å². The van der Waals surface area contributed by atoms with Crippen molar-refractivity contribution < 1.29 is 14.7 Å². The summed E-state index contributed by atoms with van der Waals surface area (Å²) in [6, 6.07) is 17.9. The Morgan fingerprint density at radius 1 is 1.10 bits per heavy atom. The fourth-order valence-corrected chi connectivity index (χ4v) is 4.28. The molecule has 0 spiro atoms. The third-order valence-electron chi connectivity index (χ3n) is 4.79. The highest BCUT2D eigenvalue weighted by Crippen LogP contribution is 2.41. The van der Waals surface area contributed by atoms with Gasteiger partial charge in [-0.1, -0.05) is 59.9 Å². The summed E-state index contributed by atoms with van der Waals surface area (Å²) >= 11 is 1.15. The number of aryl methyl sites for hydroxylation is 1. The quantitative estimate of drug-likeness (QED) is 0.383. The van der Waals surface area contributed by atoms with Crippen molar-refractivity contribution in [1.82, 2.24) is 4.98 Å². The predicted molar refractivity (Wildman–Crippen MR) is 122 cm³/mol. The molecule has 3 aromatic rings. The van der Waals surface area contributed by atoms with Crippen molar-refractivity contribution >= 4 is 45.0 Å². The maximum Gasteiger partial charge on any atom is 0.304 e. The number of guanidine groups is 1. The summed E-state index contributed by atoms with van der Waals surface area (Å²) in [5.74, 6) is -1.61. The number of nitrogens with zero attached hydrogens (tertiary/aromatic N) is 3. The van der Waals surface area contributed by atoms with Crippen LogP contribution < -0.4 is 16.4 Å². The number of carboxylic acid groups (broad SMARTS) is 1. The van der Waals surface area contributed by atoms with Gasteiger partial charge in [0.05, 0.1) is 17.5 Å². The summed E-state index contributed by atoms with van der Waals surface area (Å²) in [6.07, 6.45) is -0.377. The highest BCUT2D eigenvalue weighted by atomic mass is 32.1. The molecule has 0 bridgehead atoms. The monoisotopic (exact) mass is 437 g/mol. The van der Waals surface area contributed by atoms with E-state index in [1.54, 1.807) is 62.4 Å². The van der Waals surface area contributed by atoms with Gasteiger partial charge in [0, 0.05) is 5.69 Å². The molecule has 0 aliphatic heterocycles. The lowest BCUT2D eigenvalue weighted by atomic mass is 9.78. The average molecular weight is 438 g/mol. The molecule has 0 saturated heterocycles. The Labute approximate surface area is 183 Å². The average Bonchev–Trinajstić information content (AvgIpc) is 3.08. The zero-order chi connectivity index (χ0) is 22.6. The molecule has 1 heterocycles. The van der Waals surface area contributed by atoms with Crippen LogP contribution in [0.5, 0.6) is 0 Å². The first-order valence-corrected chi connectivity index (χ1v) is 10.3. The Morgan fingerprint density at radius 2 is 1.68 bits per heavy atom. The van der Waals surface area contributed by atoms with Crippen LogP contribution in [0, 0.1) is 6.92 Å². The number of para-hydroxylation sites is 1. The third-order valence-corrected chi connectivity index (χ3v) is 5.83. The highest BCUT2D eigenvalue weighted by Gasteiger charge is 2.42. The van der Waals surface area contributed by atoms with Crippen LogP contribution in [0.2, 0.25) is 0 Å². The molecule has 31 heavy (non-hydrogen) atoms. The number of rotatable bonds is 7. The Kier molecular flexibility index (Phi) is 6.36.